The van der Waals surface area contributed by atoms with Crippen LogP contribution in [0.15, 0.2) is 47.5 Å². The van der Waals surface area contributed by atoms with Crippen molar-refractivity contribution < 1.29 is 17.9 Å². The number of amides is 1. The number of hydrogen-bond acceptors (Lipinski definition) is 5. The lowest BCUT2D eigenvalue weighted by Crippen LogP contribution is -2.38. The molecule has 30 heavy (non-hydrogen) atoms. The van der Waals surface area contributed by atoms with Crippen molar-refractivity contribution >= 4 is 61.6 Å². The number of carbonyl (C=O) groups excluding carboxylic acids is 1. The largest absolute Gasteiger partial charge is 0.497 e. The fourth-order valence-corrected chi connectivity index (χ4v) is 7.88. The highest BCUT2D eigenvalue weighted by atomic mass is 35.5. The molecule has 2 saturated heterocycles. The van der Waals surface area contributed by atoms with Crippen LogP contribution in [-0.4, -0.2) is 49.4 Å². The van der Waals surface area contributed by atoms with Gasteiger partial charge in [-0.2, -0.15) is 4.99 Å². The Bertz CT molecular complexity index is 1120. The first-order valence-electron chi connectivity index (χ1n) is 9.11. The average molecular weight is 485 g/mol. The molecule has 2 heterocycles. The Labute approximate surface area is 189 Å². The number of sulfone groups is 1. The zero-order valence-electron chi connectivity index (χ0n) is 15.9. The van der Waals surface area contributed by atoms with E-state index in [9.17, 15) is 13.2 Å². The van der Waals surface area contributed by atoms with E-state index < -0.39 is 9.84 Å². The highest BCUT2D eigenvalue weighted by Gasteiger charge is 2.49. The molecule has 0 aliphatic carbocycles. The molecule has 0 unspecified atom stereocenters. The summed E-state index contributed by atoms with van der Waals surface area (Å²) in [5, 5.41) is 1.12. The van der Waals surface area contributed by atoms with Gasteiger partial charge in [-0.15, -0.1) is 0 Å². The van der Waals surface area contributed by atoms with Crippen LogP contribution >= 0.6 is 35.0 Å². The van der Waals surface area contributed by atoms with E-state index in [1.165, 1.54) is 11.8 Å². The van der Waals surface area contributed by atoms with E-state index in [0.29, 0.717) is 26.6 Å². The van der Waals surface area contributed by atoms with Gasteiger partial charge in [0.25, 0.3) is 5.91 Å². The van der Waals surface area contributed by atoms with Gasteiger partial charge in [-0.3, -0.25) is 4.79 Å². The minimum absolute atomic E-state index is 0.0147. The Hall–Kier alpha value is -1.74. The third-order valence-corrected chi connectivity index (χ3v) is 8.73. The molecule has 2 aromatic carbocycles. The minimum Gasteiger partial charge on any atom is -0.497 e. The molecule has 2 aliphatic heterocycles. The molecule has 0 radical (unpaired) electrons. The van der Waals surface area contributed by atoms with Gasteiger partial charge in [-0.05, 0) is 35.9 Å². The summed E-state index contributed by atoms with van der Waals surface area (Å²) in [5.41, 5.74) is 1.36. The van der Waals surface area contributed by atoms with Crippen molar-refractivity contribution in [2.75, 3.05) is 23.5 Å². The zero-order chi connectivity index (χ0) is 21.5. The number of halogens is 2. The maximum absolute atomic E-state index is 12.7. The number of rotatable bonds is 4. The van der Waals surface area contributed by atoms with Crippen LogP contribution in [0.5, 0.6) is 5.75 Å². The van der Waals surface area contributed by atoms with Gasteiger partial charge >= 0.3 is 0 Å². The fourth-order valence-electron chi connectivity index (χ4n) is 3.58. The Kier molecular flexibility index (Phi) is 6.03. The number of thioether (sulfide) groups is 1. The van der Waals surface area contributed by atoms with Crippen LogP contribution in [-0.2, 0) is 21.1 Å². The number of amidine groups is 1. The minimum atomic E-state index is -3.17. The lowest BCUT2D eigenvalue weighted by molar-refractivity contribution is -0.117. The normalized spacial score (nSPS) is 23.6. The van der Waals surface area contributed by atoms with Gasteiger partial charge in [0, 0.05) is 10.3 Å². The van der Waals surface area contributed by atoms with Crippen LogP contribution in [0.25, 0.3) is 0 Å². The summed E-state index contributed by atoms with van der Waals surface area (Å²) in [6, 6.07) is 11.8. The van der Waals surface area contributed by atoms with Gasteiger partial charge in [0.05, 0.1) is 41.8 Å². The molecular weight excluding hydrogens is 467 g/mol. The molecule has 4 rings (SSSR count). The van der Waals surface area contributed by atoms with Gasteiger partial charge in [-0.25, -0.2) is 8.42 Å². The van der Waals surface area contributed by atoms with Crippen molar-refractivity contribution in [1.29, 1.82) is 0 Å². The van der Waals surface area contributed by atoms with Crippen molar-refractivity contribution in [1.82, 2.24) is 0 Å². The SMILES string of the molecule is COc1ccc(CC(=O)N=C2S[C@H]3CS(=O)(=O)C[C@H]3N2c2cc(Cl)ccc2Cl)cc1. The van der Waals surface area contributed by atoms with Gasteiger partial charge in [0.2, 0.25) is 0 Å². The molecule has 0 saturated carbocycles. The quantitative estimate of drug-likeness (QED) is 0.655. The summed E-state index contributed by atoms with van der Waals surface area (Å²) in [4.78, 5) is 18.7. The predicted molar refractivity (Wildman–Crippen MR) is 122 cm³/mol. The van der Waals surface area contributed by atoms with Crippen LogP contribution < -0.4 is 9.64 Å². The highest BCUT2D eigenvalue weighted by molar-refractivity contribution is 8.16. The molecule has 2 aliphatic rings. The van der Waals surface area contributed by atoms with E-state index in [0.717, 1.165) is 5.56 Å². The van der Waals surface area contributed by atoms with Crippen LogP contribution in [0, 0.1) is 0 Å². The smallest absolute Gasteiger partial charge is 0.252 e. The number of benzene rings is 2. The van der Waals surface area contributed by atoms with Crippen LogP contribution in [0.1, 0.15) is 5.56 Å². The first-order chi connectivity index (χ1) is 14.3. The number of anilines is 1. The number of carbonyl (C=O) groups is 1. The average Bonchev–Trinajstić information content (AvgIpc) is 3.15. The molecule has 0 spiro atoms. The molecule has 0 N–H and O–H groups in total. The Balaban J connectivity index is 1.64. The van der Waals surface area contributed by atoms with Crippen molar-refractivity contribution in [3.05, 3.63) is 58.1 Å². The summed E-state index contributed by atoms with van der Waals surface area (Å²) < 4.78 is 29.5. The topological polar surface area (TPSA) is 76.0 Å². The maximum Gasteiger partial charge on any atom is 0.252 e. The fraction of sp³-hybridized carbons (Fsp3) is 0.300. The van der Waals surface area contributed by atoms with Crippen LogP contribution in [0.4, 0.5) is 5.69 Å². The van der Waals surface area contributed by atoms with Gasteiger partial charge < -0.3 is 9.64 Å². The van der Waals surface area contributed by atoms with Crippen LogP contribution in [0.2, 0.25) is 10.0 Å². The second-order valence-corrected chi connectivity index (χ2v) is 11.3. The number of aliphatic imine (C=N–C) groups is 1. The molecule has 0 bridgehead atoms. The van der Waals surface area contributed by atoms with Crippen molar-refractivity contribution in [2.45, 2.75) is 17.7 Å². The first kappa shape index (κ1) is 21.5. The summed E-state index contributed by atoms with van der Waals surface area (Å²) in [6.45, 7) is 0. The van der Waals surface area contributed by atoms with Crippen LogP contribution in [0.3, 0.4) is 0 Å². The van der Waals surface area contributed by atoms with Gasteiger partial charge in [-0.1, -0.05) is 47.1 Å². The monoisotopic (exact) mass is 484 g/mol. The van der Waals surface area contributed by atoms with Gasteiger partial charge in [0.1, 0.15) is 5.75 Å². The summed E-state index contributed by atoms with van der Waals surface area (Å²) in [5.74, 6) is 0.412. The molecule has 2 aromatic rings. The standard InChI is InChI=1S/C20H18Cl2N2O4S2/c1-28-14-5-2-12(3-6-14)8-19(25)23-20-24(16-9-13(21)4-7-15(16)22)17-10-30(26,27)11-18(17)29-20/h2-7,9,17-18H,8,10-11H2,1H3/t17-,18+/m1/s1. The van der Waals surface area contributed by atoms with E-state index >= 15 is 0 Å². The number of ether oxygens (including phenoxy) is 1. The van der Waals surface area contributed by atoms with Crippen molar-refractivity contribution in [3.8, 4) is 5.75 Å². The lowest BCUT2D eigenvalue weighted by Gasteiger charge is -2.25. The Morgan fingerprint density at radius 3 is 2.63 bits per heavy atom. The third-order valence-electron chi connectivity index (χ3n) is 4.97. The number of nitrogens with zero attached hydrogens (tertiary/aromatic N) is 2. The summed E-state index contributed by atoms with van der Waals surface area (Å²) in [6.07, 6.45) is 0.124. The molecule has 10 heteroatoms. The van der Waals surface area contributed by atoms with E-state index in [2.05, 4.69) is 4.99 Å². The number of hydrogen-bond donors (Lipinski definition) is 0. The molecule has 2 fully saturated rings. The van der Waals surface area contributed by atoms with E-state index in [4.69, 9.17) is 27.9 Å². The molecule has 1 amide bonds. The molecule has 0 aromatic heterocycles. The zero-order valence-corrected chi connectivity index (χ0v) is 19.1. The third kappa shape index (κ3) is 4.46. The first-order valence-corrected chi connectivity index (χ1v) is 12.6. The lowest BCUT2D eigenvalue weighted by atomic mass is 10.1. The molecule has 158 valence electrons. The second kappa shape index (κ2) is 8.42. The van der Waals surface area contributed by atoms with E-state index in [-0.39, 0.29) is 35.1 Å². The predicted octanol–water partition coefficient (Wildman–Crippen LogP) is 3.85. The Morgan fingerprint density at radius 2 is 1.93 bits per heavy atom. The molecule has 6 nitrogen and oxygen atoms in total. The second-order valence-electron chi connectivity index (χ2n) is 7.08. The van der Waals surface area contributed by atoms with E-state index in [1.54, 1.807) is 42.3 Å². The number of methoxy groups -OCH3 is 1. The maximum atomic E-state index is 12.7. The Morgan fingerprint density at radius 1 is 1.20 bits per heavy atom. The summed E-state index contributed by atoms with van der Waals surface area (Å²) in [7, 11) is -1.59. The highest BCUT2D eigenvalue weighted by Crippen LogP contribution is 2.43. The summed E-state index contributed by atoms with van der Waals surface area (Å²) >= 11 is 13.8. The molecule has 2 atom stereocenters. The van der Waals surface area contributed by atoms with E-state index in [1.807, 2.05) is 12.1 Å². The van der Waals surface area contributed by atoms with Crippen molar-refractivity contribution in [3.63, 3.8) is 0 Å². The van der Waals surface area contributed by atoms with Crippen molar-refractivity contribution in [2.24, 2.45) is 4.99 Å². The number of fused-ring (bicyclic) bond motifs is 1. The van der Waals surface area contributed by atoms with Gasteiger partial charge in [0.15, 0.2) is 15.0 Å². The molecular formula is C20H18Cl2N2O4S2.